The summed E-state index contributed by atoms with van der Waals surface area (Å²) in [7, 11) is 0. The fourth-order valence-electron chi connectivity index (χ4n) is 1.13. The predicted molar refractivity (Wildman–Crippen MR) is 63.1 cm³/mol. The Kier molecular flexibility index (Phi) is 2.83. The van der Waals surface area contributed by atoms with Crippen molar-refractivity contribution in [2.75, 3.05) is 0 Å². The molecule has 0 aliphatic carbocycles. The SMILES string of the molecule is O=C1NC(=S)/C(=C\c2ccc(F)cc2)S1. The molecule has 1 aliphatic rings. The molecule has 1 N–H and O–H groups in total. The number of nitrogens with one attached hydrogen (secondary N) is 1. The third-order valence-corrected chi connectivity index (χ3v) is 3.09. The van der Waals surface area contributed by atoms with E-state index in [-0.39, 0.29) is 11.1 Å². The minimum atomic E-state index is -0.284. The monoisotopic (exact) mass is 239 g/mol. The molecular weight excluding hydrogens is 233 g/mol. The molecule has 76 valence electrons. The van der Waals surface area contributed by atoms with Gasteiger partial charge in [0.1, 0.15) is 10.8 Å². The van der Waals surface area contributed by atoms with Crippen molar-refractivity contribution >= 4 is 40.3 Å². The summed E-state index contributed by atoms with van der Waals surface area (Å²) in [5.74, 6) is -0.284. The van der Waals surface area contributed by atoms with Crippen molar-refractivity contribution in [3.63, 3.8) is 0 Å². The Bertz CT molecular complexity index is 453. The van der Waals surface area contributed by atoms with E-state index in [0.29, 0.717) is 9.89 Å². The average molecular weight is 239 g/mol. The van der Waals surface area contributed by atoms with E-state index < -0.39 is 0 Å². The molecule has 0 unspecified atom stereocenters. The standard InChI is InChI=1S/C10H6FNOS2/c11-7-3-1-6(2-4-7)5-8-9(14)12-10(13)15-8/h1-5H,(H,12,13,14)/b8-5+. The first kappa shape index (κ1) is 10.3. The van der Waals surface area contributed by atoms with Crippen LogP contribution in [0.5, 0.6) is 0 Å². The third-order valence-electron chi connectivity index (χ3n) is 1.81. The lowest BCUT2D eigenvalue weighted by Crippen LogP contribution is -2.15. The highest BCUT2D eigenvalue weighted by molar-refractivity contribution is 8.19. The zero-order valence-corrected chi connectivity index (χ0v) is 9.12. The van der Waals surface area contributed by atoms with Gasteiger partial charge < -0.3 is 5.32 Å². The molecule has 1 saturated heterocycles. The van der Waals surface area contributed by atoms with Gasteiger partial charge in [0.25, 0.3) is 5.24 Å². The summed E-state index contributed by atoms with van der Waals surface area (Å²) in [6.45, 7) is 0. The number of rotatable bonds is 1. The molecule has 1 amide bonds. The molecule has 1 aliphatic heterocycles. The molecular formula is C10H6FNOS2. The number of carbonyl (C=O) groups is 1. The van der Waals surface area contributed by atoms with Crippen LogP contribution in [-0.2, 0) is 0 Å². The maximum absolute atomic E-state index is 12.6. The molecule has 0 bridgehead atoms. The molecule has 2 nitrogen and oxygen atoms in total. The second-order valence-electron chi connectivity index (χ2n) is 2.90. The van der Waals surface area contributed by atoms with Crippen molar-refractivity contribution < 1.29 is 9.18 Å². The maximum Gasteiger partial charge on any atom is 0.289 e. The summed E-state index contributed by atoms with van der Waals surface area (Å²) in [5.41, 5.74) is 0.817. The molecule has 0 saturated carbocycles. The minimum absolute atomic E-state index is 0.173. The molecule has 15 heavy (non-hydrogen) atoms. The van der Waals surface area contributed by atoms with E-state index in [2.05, 4.69) is 5.32 Å². The third kappa shape index (κ3) is 2.43. The Hall–Kier alpha value is -1.20. The number of thiocarbonyl (C=S) groups is 1. The van der Waals surface area contributed by atoms with Crippen molar-refractivity contribution in [1.82, 2.24) is 5.32 Å². The van der Waals surface area contributed by atoms with Crippen molar-refractivity contribution in [1.29, 1.82) is 0 Å². The zero-order chi connectivity index (χ0) is 10.8. The van der Waals surface area contributed by atoms with Crippen LogP contribution in [0.15, 0.2) is 29.2 Å². The van der Waals surface area contributed by atoms with Crippen LogP contribution in [0.4, 0.5) is 9.18 Å². The molecule has 2 rings (SSSR count). The van der Waals surface area contributed by atoms with Gasteiger partial charge in [0.05, 0.1) is 4.91 Å². The van der Waals surface area contributed by atoms with Crippen molar-refractivity contribution in [3.8, 4) is 0 Å². The van der Waals surface area contributed by atoms with Crippen LogP contribution in [0, 0.1) is 5.82 Å². The predicted octanol–water partition coefficient (Wildman–Crippen LogP) is 2.95. The van der Waals surface area contributed by atoms with E-state index in [1.165, 1.54) is 12.1 Å². The van der Waals surface area contributed by atoms with Crippen molar-refractivity contribution in [3.05, 3.63) is 40.6 Å². The maximum atomic E-state index is 12.6. The number of benzene rings is 1. The minimum Gasteiger partial charge on any atom is -0.307 e. The largest absolute Gasteiger partial charge is 0.307 e. The molecule has 0 spiro atoms. The zero-order valence-electron chi connectivity index (χ0n) is 7.49. The first-order valence-electron chi connectivity index (χ1n) is 4.15. The lowest BCUT2D eigenvalue weighted by Gasteiger charge is -1.95. The number of carbonyl (C=O) groups excluding carboxylic acids is 1. The molecule has 1 heterocycles. The van der Waals surface area contributed by atoms with Gasteiger partial charge in [-0.25, -0.2) is 4.39 Å². The first-order chi connectivity index (χ1) is 7.15. The Morgan fingerprint density at radius 3 is 2.53 bits per heavy atom. The lowest BCUT2D eigenvalue weighted by molar-refractivity contribution is 0.265. The van der Waals surface area contributed by atoms with Gasteiger partial charge in [-0.2, -0.15) is 0 Å². The summed E-state index contributed by atoms with van der Waals surface area (Å²) in [4.78, 5) is 12.1. The molecule has 1 aromatic carbocycles. The van der Waals surface area contributed by atoms with E-state index in [0.717, 1.165) is 17.3 Å². The summed E-state index contributed by atoms with van der Waals surface area (Å²) in [5, 5.41) is 2.34. The molecule has 1 fully saturated rings. The molecule has 0 aromatic heterocycles. The Labute approximate surface area is 95.6 Å². The molecule has 0 radical (unpaired) electrons. The molecule has 0 atom stereocenters. The van der Waals surface area contributed by atoms with Gasteiger partial charge in [-0.1, -0.05) is 24.4 Å². The molecule has 5 heteroatoms. The number of thioether (sulfide) groups is 1. The van der Waals surface area contributed by atoms with E-state index in [1.807, 2.05) is 0 Å². The van der Waals surface area contributed by atoms with Gasteiger partial charge in [-0.15, -0.1) is 0 Å². The number of hydrogen-bond acceptors (Lipinski definition) is 3. The van der Waals surface area contributed by atoms with Gasteiger partial charge in [0.15, 0.2) is 0 Å². The van der Waals surface area contributed by atoms with Crippen molar-refractivity contribution in [2.45, 2.75) is 0 Å². The fourth-order valence-corrected chi connectivity index (χ4v) is 2.16. The topological polar surface area (TPSA) is 29.1 Å². The Balaban J connectivity index is 2.27. The van der Waals surface area contributed by atoms with E-state index in [4.69, 9.17) is 12.2 Å². The van der Waals surface area contributed by atoms with Crippen LogP contribution in [0.25, 0.3) is 6.08 Å². The first-order valence-corrected chi connectivity index (χ1v) is 5.38. The van der Waals surface area contributed by atoms with E-state index in [1.54, 1.807) is 18.2 Å². The highest BCUT2D eigenvalue weighted by Gasteiger charge is 2.21. The summed E-state index contributed by atoms with van der Waals surface area (Å²) < 4.78 is 12.6. The van der Waals surface area contributed by atoms with E-state index in [9.17, 15) is 9.18 Å². The van der Waals surface area contributed by atoms with Gasteiger partial charge in [-0.05, 0) is 35.5 Å². The average Bonchev–Trinajstić information content (AvgIpc) is 2.49. The molecule has 1 aromatic rings. The van der Waals surface area contributed by atoms with Gasteiger partial charge in [0, 0.05) is 0 Å². The van der Waals surface area contributed by atoms with Crippen LogP contribution in [0.3, 0.4) is 0 Å². The van der Waals surface area contributed by atoms with Crippen LogP contribution in [0.1, 0.15) is 5.56 Å². The fraction of sp³-hybridized carbons (Fsp3) is 0. The van der Waals surface area contributed by atoms with Crippen molar-refractivity contribution in [2.24, 2.45) is 0 Å². The Morgan fingerprint density at radius 2 is 2.00 bits per heavy atom. The second-order valence-corrected chi connectivity index (χ2v) is 4.33. The van der Waals surface area contributed by atoms with Crippen LogP contribution >= 0.6 is 24.0 Å². The van der Waals surface area contributed by atoms with Crippen LogP contribution in [0.2, 0.25) is 0 Å². The smallest absolute Gasteiger partial charge is 0.289 e. The number of halogens is 1. The summed E-state index contributed by atoms with van der Waals surface area (Å²) >= 11 is 6.00. The highest BCUT2D eigenvalue weighted by atomic mass is 32.2. The number of hydrogen-bond donors (Lipinski definition) is 1. The lowest BCUT2D eigenvalue weighted by atomic mass is 10.2. The van der Waals surface area contributed by atoms with Gasteiger partial charge in [0.2, 0.25) is 0 Å². The summed E-state index contributed by atoms with van der Waals surface area (Å²) in [6.07, 6.45) is 1.75. The highest BCUT2D eigenvalue weighted by Crippen LogP contribution is 2.26. The summed E-state index contributed by atoms with van der Waals surface area (Å²) in [6, 6.07) is 6.00. The van der Waals surface area contributed by atoms with Gasteiger partial charge >= 0.3 is 0 Å². The quantitative estimate of drug-likeness (QED) is 0.603. The second kappa shape index (κ2) is 4.12. The van der Waals surface area contributed by atoms with Gasteiger partial charge in [-0.3, -0.25) is 4.79 Å². The number of amides is 1. The Morgan fingerprint density at radius 1 is 1.33 bits per heavy atom. The van der Waals surface area contributed by atoms with E-state index >= 15 is 0 Å². The van der Waals surface area contributed by atoms with Crippen LogP contribution in [-0.4, -0.2) is 10.2 Å². The normalized spacial score (nSPS) is 18.3. The van der Waals surface area contributed by atoms with Crippen LogP contribution < -0.4 is 5.32 Å².